The largest absolute Gasteiger partial charge is 4.00 e. The minimum absolute atomic E-state index is 0. The molecule has 3 aliphatic rings. The van der Waals surface area contributed by atoms with E-state index < -0.39 is 8.32 Å². The van der Waals surface area contributed by atoms with Crippen LogP contribution in [0.5, 0.6) is 0 Å². The summed E-state index contributed by atoms with van der Waals surface area (Å²) in [6, 6.07) is 0. The molecule has 3 fully saturated rings. The van der Waals surface area contributed by atoms with Crippen LogP contribution in [-0.2, 0) is 26.1 Å². The number of allylic oxidation sites excluding steroid dienone is 1. The fourth-order valence-corrected chi connectivity index (χ4v) is 11.9. The predicted molar refractivity (Wildman–Crippen MR) is 151 cm³/mol. The Balaban J connectivity index is 0.000000804. The Morgan fingerprint density at radius 2 is 1.18 bits per heavy atom. The summed E-state index contributed by atoms with van der Waals surface area (Å²) < 4.78 is 7.08. The second-order valence-electron chi connectivity index (χ2n) is 11.8. The summed E-state index contributed by atoms with van der Waals surface area (Å²) in [4.78, 5) is 0. The van der Waals surface area contributed by atoms with Gasteiger partial charge in [-0.3, -0.25) is 5.57 Å². The maximum atomic E-state index is 7.08. The van der Waals surface area contributed by atoms with Crippen molar-refractivity contribution >= 4 is 8.32 Å². The van der Waals surface area contributed by atoms with Crippen molar-refractivity contribution in [1.29, 1.82) is 0 Å². The molecule has 3 rings (SSSR count). The van der Waals surface area contributed by atoms with Crippen LogP contribution in [0.2, 0.25) is 16.6 Å². The molecule has 0 aromatic rings. The zero-order chi connectivity index (χ0) is 24.7. The molecule has 2 unspecified atom stereocenters. The summed E-state index contributed by atoms with van der Waals surface area (Å²) in [6.45, 7) is 20.9. The molecule has 196 valence electrons. The van der Waals surface area contributed by atoms with E-state index in [1.54, 1.807) is 0 Å². The van der Waals surface area contributed by atoms with Crippen LogP contribution in [0.1, 0.15) is 151 Å². The average Bonchev–Trinajstić information content (AvgIpc) is 3.52. The molecule has 3 heteroatoms. The fourth-order valence-electron chi connectivity index (χ4n) is 6.34. The van der Waals surface area contributed by atoms with Gasteiger partial charge in [0, 0.05) is 6.10 Å². The number of unbranched alkanes of at least 4 members (excludes halogenated alkanes) is 2. The third-order valence-corrected chi connectivity index (χ3v) is 14.3. The van der Waals surface area contributed by atoms with E-state index in [4.69, 9.17) is 4.43 Å². The van der Waals surface area contributed by atoms with Crippen LogP contribution < -0.4 is 0 Å². The molecule has 0 N–H and O–H groups in total. The third-order valence-electron chi connectivity index (χ3n) is 8.22. The first-order valence-electron chi connectivity index (χ1n) is 14.9. The van der Waals surface area contributed by atoms with E-state index in [2.05, 4.69) is 61.5 Å². The third kappa shape index (κ3) is 11.8. The quantitative estimate of drug-likeness (QED) is 0.174. The van der Waals surface area contributed by atoms with Gasteiger partial charge in [-0.1, -0.05) is 138 Å². The van der Waals surface area contributed by atoms with Crippen molar-refractivity contribution in [2.24, 2.45) is 5.92 Å². The number of rotatable bonds is 8. The number of hydrogen-bond donors (Lipinski definition) is 0. The van der Waals surface area contributed by atoms with Crippen molar-refractivity contribution in [3.63, 3.8) is 0 Å². The molecule has 0 bridgehead atoms. The van der Waals surface area contributed by atoms with Crippen molar-refractivity contribution in [3.05, 3.63) is 18.6 Å². The van der Waals surface area contributed by atoms with Gasteiger partial charge in [0.1, 0.15) is 0 Å². The zero-order valence-corrected chi connectivity index (χ0v) is 26.9. The summed E-state index contributed by atoms with van der Waals surface area (Å²) in [7, 11) is -1.82. The second-order valence-corrected chi connectivity index (χ2v) is 17.2. The molecule has 0 aromatic heterocycles. The Labute approximate surface area is 232 Å². The first-order chi connectivity index (χ1) is 15.8. The molecule has 1 nitrogen and oxygen atoms in total. The molecular weight excluding hydrogens is 464 g/mol. The zero-order valence-electron chi connectivity index (χ0n) is 24.3. The van der Waals surface area contributed by atoms with Crippen LogP contribution in [0.15, 0.2) is 5.57 Å². The summed E-state index contributed by atoms with van der Waals surface area (Å²) in [6.07, 6.45) is 26.1. The van der Waals surface area contributed by atoms with Crippen molar-refractivity contribution in [3.8, 4) is 0 Å². The van der Waals surface area contributed by atoms with Crippen LogP contribution >= 0.6 is 0 Å². The van der Waals surface area contributed by atoms with Crippen molar-refractivity contribution in [2.45, 2.75) is 174 Å². The first kappa shape index (κ1) is 34.6. The maximum Gasteiger partial charge on any atom is 4.00 e. The van der Waals surface area contributed by atoms with E-state index in [0.717, 1.165) is 6.42 Å². The molecule has 0 radical (unpaired) electrons. The van der Waals surface area contributed by atoms with E-state index >= 15 is 0 Å². The molecule has 34 heavy (non-hydrogen) atoms. The molecule has 3 saturated carbocycles. The monoisotopic (exact) mass is 524 g/mol. The molecule has 3 aliphatic carbocycles. The van der Waals surface area contributed by atoms with Crippen LogP contribution in [0.3, 0.4) is 0 Å². The van der Waals surface area contributed by atoms with E-state index in [0.29, 0.717) is 22.5 Å². The van der Waals surface area contributed by atoms with Gasteiger partial charge in [0.25, 0.3) is 0 Å². The normalized spacial score (nSPS) is 24.0. The molecular formula is C31H60OSiTi+2. The van der Waals surface area contributed by atoms with E-state index in [1.165, 1.54) is 102 Å². The molecule has 0 aliphatic heterocycles. The van der Waals surface area contributed by atoms with Gasteiger partial charge in [0.2, 0.25) is 8.32 Å². The first-order valence-corrected chi connectivity index (χ1v) is 17.0. The molecule has 0 spiro atoms. The van der Waals surface area contributed by atoms with Crippen molar-refractivity contribution in [2.75, 3.05) is 0 Å². The van der Waals surface area contributed by atoms with Crippen LogP contribution in [-0.4, -0.2) is 14.4 Å². The van der Waals surface area contributed by atoms with Gasteiger partial charge in [0.15, 0.2) is 0 Å². The standard InChI is InChI=1S/C21H40OSi.2C5H10.Ti/c1-9-10-11-14-20-19(8)13-12-15-21(20)22-23(16(2)3,17(4)5)18(6)7;2*1-2-4-5-3-1;/h16-19,21H,8-13,15H2,1-7H3;2*1-5H2;/q-2;;;+4. The van der Waals surface area contributed by atoms with E-state index in [9.17, 15) is 0 Å². The molecule has 0 amide bonds. The SMILES string of the molecule is C1CCCC1.C1CCCC1.[CH2-]C1CCCC(O[Si](C(C)C)(C(C)C)C(C)C)C1=[C-]CCCC.[Ti+4]. The van der Waals surface area contributed by atoms with Gasteiger partial charge in [0.05, 0.1) is 0 Å². The van der Waals surface area contributed by atoms with Gasteiger partial charge in [-0.2, -0.15) is 12.3 Å². The molecule has 0 aromatic carbocycles. The Morgan fingerprint density at radius 3 is 1.53 bits per heavy atom. The second kappa shape index (κ2) is 19.7. The summed E-state index contributed by atoms with van der Waals surface area (Å²) in [5.41, 5.74) is 3.32. The Kier molecular flexibility index (Phi) is 20.1. The maximum absolute atomic E-state index is 7.08. The Hall–Kier alpha value is 0.631. The summed E-state index contributed by atoms with van der Waals surface area (Å²) in [5.74, 6) is 0.406. The van der Waals surface area contributed by atoms with Crippen molar-refractivity contribution in [1.82, 2.24) is 0 Å². The minimum atomic E-state index is -1.82. The van der Waals surface area contributed by atoms with Crippen LogP contribution in [0.4, 0.5) is 0 Å². The number of hydrogen-bond acceptors (Lipinski definition) is 1. The van der Waals surface area contributed by atoms with Crippen LogP contribution in [0.25, 0.3) is 0 Å². The molecule has 2 atom stereocenters. The predicted octanol–water partition coefficient (Wildman–Crippen LogP) is 11.0. The smallest absolute Gasteiger partial charge is 0.497 e. The van der Waals surface area contributed by atoms with E-state index in [-0.39, 0.29) is 27.8 Å². The topological polar surface area (TPSA) is 9.23 Å². The van der Waals surface area contributed by atoms with Gasteiger partial charge in [-0.15, -0.1) is 0 Å². The molecule has 0 saturated heterocycles. The van der Waals surface area contributed by atoms with Gasteiger partial charge in [-0.25, -0.2) is 0 Å². The minimum Gasteiger partial charge on any atom is -0.497 e. The van der Waals surface area contributed by atoms with Gasteiger partial charge in [-0.05, 0) is 23.0 Å². The summed E-state index contributed by atoms with van der Waals surface area (Å²) in [5, 5.41) is 0. The molecule has 0 heterocycles. The van der Waals surface area contributed by atoms with Gasteiger partial charge < -0.3 is 17.4 Å². The van der Waals surface area contributed by atoms with Gasteiger partial charge >= 0.3 is 21.7 Å². The van der Waals surface area contributed by atoms with E-state index in [1.807, 2.05) is 0 Å². The summed E-state index contributed by atoms with van der Waals surface area (Å²) >= 11 is 0. The average molecular weight is 525 g/mol. The Morgan fingerprint density at radius 1 is 0.765 bits per heavy atom. The Bertz CT molecular complexity index is 459. The van der Waals surface area contributed by atoms with Crippen LogP contribution in [0, 0.1) is 18.9 Å². The van der Waals surface area contributed by atoms with Crippen molar-refractivity contribution < 1.29 is 26.1 Å². The fraction of sp³-hybridized carbons (Fsp3) is 0.903.